The zero-order chi connectivity index (χ0) is 23.9. The van der Waals surface area contributed by atoms with Crippen LogP contribution < -0.4 is 10.6 Å². The molecule has 178 valence electrons. The molecule has 5 rings (SSSR count). The molecule has 2 aromatic rings. The Kier molecular flexibility index (Phi) is 5.80. The number of fused-ring (bicyclic) bond motifs is 3. The second kappa shape index (κ2) is 8.78. The standard InChI is InChI=1S/C27H30N2O5/c1-27(14-23(30)31,17-12-13-17)29-25(32)24(16-10-11-16)28-26(33)34-15-22-20-8-4-2-6-18(20)19-7-3-5-9-21(19)22/h2-9,16-17,22,24H,10-15H2,1H3,(H,28,33)(H,29,32)(H,30,31). The Labute approximate surface area is 198 Å². The first-order chi connectivity index (χ1) is 16.4. The molecule has 2 fully saturated rings. The smallest absolute Gasteiger partial charge is 0.407 e. The van der Waals surface area contributed by atoms with Gasteiger partial charge in [0, 0.05) is 5.92 Å². The first-order valence-corrected chi connectivity index (χ1v) is 12.0. The lowest BCUT2D eigenvalue weighted by Crippen LogP contribution is -2.57. The number of hydrogen-bond acceptors (Lipinski definition) is 4. The number of carboxylic acid groups (broad SMARTS) is 1. The summed E-state index contributed by atoms with van der Waals surface area (Å²) in [6.45, 7) is 1.96. The highest BCUT2D eigenvalue weighted by Crippen LogP contribution is 2.45. The van der Waals surface area contributed by atoms with E-state index in [1.165, 1.54) is 0 Å². The zero-order valence-corrected chi connectivity index (χ0v) is 19.3. The van der Waals surface area contributed by atoms with Gasteiger partial charge in [-0.25, -0.2) is 4.79 Å². The molecule has 2 atom stereocenters. The summed E-state index contributed by atoms with van der Waals surface area (Å²) in [5.41, 5.74) is 3.75. The summed E-state index contributed by atoms with van der Waals surface area (Å²) in [6, 6.07) is 15.5. The van der Waals surface area contributed by atoms with E-state index in [1.807, 2.05) is 24.3 Å². The molecule has 2 aromatic carbocycles. The summed E-state index contributed by atoms with van der Waals surface area (Å²) in [4.78, 5) is 37.2. The number of hydrogen-bond donors (Lipinski definition) is 3. The van der Waals surface area contributed by atoms with Crippen LogP contribution in [-0.2, 0) is 14.3 Å². The van der Waals surface area contributed by atoms with E-state index in [-0.39, 0.29) is 36.7 Å². The molecule has 0 aromatic heterocycles. The Morgan fingerprint density at radius 3 is 2.12 bits per heavy atom. The fourth-order valence-electron chi connectivity index (χ4n) is 5.28. The number of benzene rings is 2. The molecule has 3 aliphatic rings. The summed E-state index contributed by atoms with van der Waals surface area (Å²) in [6.07, 6.45) is 2.74. The lowest BCUT2D eigenvalue weighted by Gasteiger charge is -2.31. The molecule has 3 aliphatic carbocycles. The predicted molar refractivity (Wildman–Crippen MR) is 126 cm³/mol. The topological polar surface area (TPSA) is 105 Å². The molecule has 0 aliphatic heterocycles. The fourth-order valence-corrected chi connectivity index (χ4v) is 5.28. The van der Waals surface area contributed by atoms with Gasteiger partial charge in [-0.1, -0.05) is 48.5 Å². The van der Waals surface area contributed by atoms with Crippen molar-refractivity contribution in [2.45, 2.75) is 56.5 Å². The summed E-state index contributed by atoms with van der Waals surface area (Å²) in [5.74, 6) is -1.12. The van der Waals surface area contributed by atoms with Crippen LogP contribution in [0, 0.1) is 11.8 Å². The Morgan fingerprint density at radius 2 is 1.59 bits per heavy atom. The highest BCUT2D eigenvalue weighted by molar-refractivity contribution is 5.87. The van der Waals surface area contributed by atoms with Crippen LogP contribution in [0.25, 0.3) is 11.1 Å². The van der Waals surface area contributed by atoms with Crippen LogP contribution in [0.3, 0.4) is 0 Å². The van der Waals surface area contributed by atoms with Crippen molar-refractivity contribution in [1.82, 2.24) is 10.6 Å². The monoisotopic (exact) mass is 462 g/mol. The number of nitrogens with one attached hydrogen (secondary N) is 2. The summed E-state index contributed by atoms with van der Waals surface area (Å²) in [7, 11) is 0. The Morgan fingerprint density at radius 1 is 1.00 bits per heavy atom. The third-order valence-electron chi connectivity index (χ3n) is 7.40. The first kappa shape index (κ1) is 22.4. The van der Waals surface area contributed by atoms with Crippen molar-refractivity contribution < 1.29 is 24.2 Å². The molecule has 0 heterocycles. The molecule has 2 unspecified atom stereocenters. The van der Waals surface area contributed by atoms with E-state index in [0.29, 0.717) is 0 Å². The lowest BCUT2D eigenvalue weighted by atomic mass is 9.91. The Balaban J connectivity index is 1.24. The number of carbonyl (C=O) groups excluding carboxylic acids is 2. The van der Waals surface area contributed by atoms with Crippen molar-refractivity contribution in [3.63, 3.8) is 0 Å². The van der Waals surface area contributed by atoms with Crippen LogP contribution in [0.5, 0.6) is 0 Å². The van der Waals surface area contributed by atoms with Gasteiger partial charge in [-0.05, 0) is 66.7 Å². The van der Waals surface area contributed by atoms with Gasteiger partial charge in [0.1, 0.15) is 12.6 Å². The molecule has 3 N–H and O–H groups in total. The van der Waals surface area contributed by atoms with E-state index in [2.05, 4.69) is 34.9 Å². The molecule has 7 nitrogen and oxygen atoms in total. The van der Waals surface area contributed by atoms with Crippen molar-refractivity contribution in [3.8, 4) is 11.1 Å². The molecule has 34 heavy (non-hydrogen) atoms. The van der Waals surface area contributed by atoms with Crippen molar-refractivity contribution in [2.75, 3.05) is 6.61 Å². The third kappa shape index (κ3) is 4.52. The van der Waals surface area contributed by atoms with Gasteiger partial charge in [-0.3, -0.25) is 9.59 Å². The minimum atomic E-state index is -0.942. The molecular weight excluding hydrogens is 432 g/mol. The van der Waals surface area contributed by atoms with Gasteiger partial charge >= 0.3 is 12.1 Å². The van der Waals surface area contributed by atoms with Gasteiger partial charge in [-0.2, -0.15) is 0 Å². The van der Waals surface area contributed by atoms with Crippen molar-refractivity contribution in [2.24, 2.45) is 11.8 Å². The number of aliphatic carboxylic acids is 1. The van der Waals surface area contributed by atoms with Crippen LogP contribution in [0.4, 0.5) is 4.79 Å². The van der Waals surface area contributed by atoms with Gasteiger partial charge in [0.25, 0.3) is 0 Å². The highest BCUT2D eigenvalue weighted by Gasteiger charge is 2.47. The maximum Gasteiger partial charge on any atom is 0.407 e. The van der Waals surface area contributed by atoms with Crippen molar-refractivity contribution in [1.29, 1.82) is 0 Å². The molecule has 0 radical (unpaired) electrons. The van der Waals surface area contributed by atoms with E-state index in [4.69, 9.17) is 4.74 Å². The average molecular weight is 463 g/mol. The van der Waals surface area contributed by atoms with Crippen LogP contribution >= 0.6 is 0 Å². The van der Waals surface area contributed by atoms with Crippen LogP contribution in [0.2, 0.25) is 0 Å². The lowest BCUT2D eigenvalue weighted by molar-refractivity contribution is -0.139. The largest absolute Gasteiger partial charge is 0.481 e. The minimum absolute atomic E-state index is 0.0498. The molecule has 2 saturated carbocycles. The van der Waals surface area contributed by atoms with Gasteiger partial charge in [0.2, 0.25) is 5.91 Å². The molecule has 7 heteroatoms. The van der Waals surface area contributed by atoms with Crippen molar-refractivity contribution >= 4 is 18.0 Å². The number of amides is 2. The second-order valence-electron chi connectivity index (χ2n) is 10.0. The Hall–Kier alpha value is -3.35. The summed E-state index contributed by atoms with van der Waals surface area (Å²) in [5, 5.41) is 15.0. The SMILES string of the molecule is CC(CC(=O)O)(NC(=O)C(NC(=O)OCC1c2ccccc2-c2ccccc21)C1CC1)C1CC1. The third-order valence-corrected chi connectivity index (χ3v) is 7.40. The summed E-state index contributed by atoms with van der Waals surface area (Å²) >= 11 is 0. The molecule has 0 bridgehead atoms. The van der Waals surface area contributed by atoms with E-state index >= 15 is 0 Å². The van der Waals surface area contributed by atoms with Gasteiger partial charge in [0.05, 0.1) is 12.0 Å². The van der Waals surface area contributed by atoms with E-state index < -0.39 is 23.6 Å². The predicted octanol–water partition coefficient (Wildman–Crippen LogP) is 4.06. The summed E-state index contributed by atoms with van der Waals surface area (Å²) < 4.78 is 5.63. The number of carbonyl (C=O) groups is 3. The molecular formula is C27H30N2O5. The van der Waals surface area contributed by atoms with E-state index in [1.54, 1.807) is 6.92 Å². The van der Waals surface area contributed by atoms with Crippen LogP contribution in [0.15, 0.2) is 48.5 Å². The van der Waals surface area contributed by atoms with Crippen LogP contribution in [-0.4, -0.2) is 41.3 Å². The number of rotatable bonds is 9. The van der Waals surface area contributed by atoms with Crippen molar-refractivity contribution in [3.05, 3.63) is 59.7 Å². The maximum absolute atomic E-state index is 13.1. The fraction of sp³-hybridized carbons (Fsp3) is 0.444. The number of ether oxygens (including phenoxy) is 1. The zero-order valence-electron chi connectivity index (χ0n) is 19.3. The number of carboxylic acids is 1. The van der Waals surface area contributed by atoms with E-state index in [9.17, 15) is 19.5 Å². The molecule has 0 spiro atoms. The second-order valence-corrected chi connectivity index (χ2v) is 10.0. The van der Waals surface area contributed by atoms with Gasteiger partial charge < -0.3 is 20.5 Å². The molecule has 0 saturated heterocycles. The average Bonchev–Trinajstić information content (AvgIpc) is 3.71. The van der Waals surface area contributed by atoms with E-state index in [0.717, 1.165) is 47.9 Å². The highest BCUT2D eigenvalue weighted by atomic mass is 16.5. The first-order valence-electron chi connectivity index (χ1n) is 12.0. The number of alkyl carbamates (subject to hydrolysis) is 1. The van der Waals surface area contributed by atoms with Crippen LogP contribution in [0.1, 0.15) is 56.1 Å². The van der Waals surface area contributed by atoms with Gasteiger partial charge in [0.15, 0.2) is 0 Å². The minimum Gasteiger partial charge on any atom is -0.481 e. The molecule has 2 amide bonds. The Bertz CT molecular complexity index is 1080. The normalized spacial score (nSPS) is 19.3. The maximum atomic E-state index is 13.1. The van der Waals surface area contributed by atoms with Gasteiger partial charge in [-0.15, -0.1) is 0 Å². The quantitative estimate of drug-likeness (QED) is 0.521.